The maximum absolute atomic E-state index is 12.0. The lowest BCUT2D eigenvalue weighted by atomic mass is 10.1. The largest absolute Gasteiger partial charge is 0.435 e. The molecule has 0 heterocycles. The number of halogens is 2. The smallest absolute Gasteiger partial charge is 0.387 e. The first kappa shape index (κ1) is 16.7. The number of carbonyl (C=O) groups is 1. The third-order valence-corrected chi connectivity index (χ3v) is 3.19. The van der Waals surface area contributed by atoms with Gasteiger partial charge in [0.25, 0.3) is 0 Å². The molecule has 2 aromatic rings. The molecule has 0 aliphatic carbocycles. The molecule has 122 valence electrons. The maximum atomic E-state index is 12.0. The molecule has 0 spiro atoms. The fourth-order valence-corrected chi connectivity index (χ4v) is 2.02. The highest BCUT2D eigenvalue weighted by Crippen LogP contribution is 2.15. The zero-order valence-corrected chi connectivity index (χ0v) is 12.7. The molecule has 0 unspecified atom stereocenters. The number of amides is 2. The zero-order chi connectivity index (χ0) is 16.7. The number of hydrogen-bond donors (Lipinski definition) is 2. The highest BCUT2D eigenvalue weighted by atomic mass is 19.3. The lowest BCUT2D eigenvalue weighted by Crippen LogP contribution is -2.28. The number of ether oxygens (including phenoxy) is 1. The number of rotatable bonds is 6. The van der Waals surface area contributed by atoms with E-state index in [0.29, 0.717) is 0 Å². The van der Waals surface area contributed by atoms with Crippen molar-refractivity contribution in [3.63, 3.8) is 0 Å². The molecule has 4 nitrogen and oxygen atoms in total. The fourth-order valence-electron chi connectivity index (χ4n) is 2.02. The van der Waals surface area contributed by atoms with Gasteiger partial charge in [0.15, 0.2) is 0 Å². The van der Waals surface area contributed by atoms with Gasteiger partial charge in [-0.1, -0.05) is 31.2 Å². The van der Waals surface area contributed by atoms with Gasteiger partial charge in [-0.3, -0.25) is 0 Å². The van der Waals surface area contributed by atoms with E-state index < -0.39 is 6.61 Å². The number of carbonyl (C=O) groups excluding carboxylic acids is 1. The van der Waals surface area contributed by atoms with E-state index in [9.17, 15) is 13.6 Å². The molecule has 0 saturated carbocycles. The molecular weight excluding hydrogens is 302 g/mol. The van der Waals surface area contributed by atoms with E-state index in [1.165, 1.54) is 12.1 Å². The minimum Gasteiger partial charge on any atom is -0.435 e. The first-order valence-corrected chi connectivity index (χ1v) is 7.24. The molecule has 2 N–H and O–H groups in total. The van der Waals surface area contributed by atoms with Crippen LogP contribution < -0.4 is 15.4 Å². The molecule has 6 heteroatoms. The topological polar surface area (TPSA) is 50.4 Å². The molecule has 0 bridgehead atoms. The van der Waals surface area contributed by atoms with Crippen LogP contribution in [-0.4, -0.2) is 12.6 Å². The zero-order valence-electron chi connectivity index (χ0n) is 12.7. The molecule has 0 radical (unpaired) electrons. The lowest BCUT2D eigenvalue weighted by Gasteiger charge is -2.09. The summed E-state index contributed by atoms with van der Waals surface area (Å²) < 4.78 is 28.4. The monoisotopic (exact) mass is 320 g/mol. The first-order chi connectivity index (χ1) is 11.1. The van der Waals surface area contributed by atoms with Crippen LogP contribution in [0.5, 0.6) is 5.75 Å². The molecule has 2 rings (SSSR count). The molecular formula is C17H18F2N2O2. The number of nitrogens with one attached hydrogen (secondary N) is 2. The summed E-state index contributed by atoms with van der Waals surface area (Å²) in [5.74, 6) is 0.0876. The predicted octanol–water partition coefficient (Wildman–Crippen LogP) is 4.17. The number of aryl methyl sites for hydroxylation is 1. The van der Waals surface area contributed by atoms with Gasteiger partial charge in [0, 0.05) is 12.2 Å². The second-order valence-electron chi connectivity index (χ2n) is 4.88. The standard InChI is InChI=1S/C17H18F2N2O2/c1-2-12-4-3-5-14(10-12)21-17(22)20-11-13-6-8-15(9-7-13)23-16(18)19/h3-10,16H,2,11H2,1H3,(H2,20,21,22). The van der Waals surface area contributed by atoms with E-state index in [0.717, 1.165) is 23.2 Å². The van der Waals surface area contributed by atoms with Crippen molar-refractivity contribution in [2.75, 3.05) is 5.32 Å². The summed E-state index contributed by atoms with van der Waals surface area (Å²) in [6, 6.07) is 13.4. The van der Waals surface area contributed by atoms with Crippen LogP contribution in [0.3, 0.4) is 0 Å². The molecule has 2 aromatic carbocycles. The van der Waals surface area contributed by atoms with Crippen molar-refractivity contribution in [1.29, 1.82) is 0 Å². The summed E-state index contributed by atoms with van der Waals surface area (Å²) in [5, 5.41) is 5.46. The number of alkyl halides is 2. The van der Waals surface area contributed by atoms with Gasteiger partial charge in [0.2, 0.25) is 0 Å². The van der Waals surface area contributed by atoms with Crippen LogP contribution in [0, 0.1) is 0 Å². The summed E-state index contributed by atoms with van der Waals surface area (Å²) in [4.78, 5) is 11.9. The van der Waals surface area contributed by atoms with Gasteiger partial charge in [-0.15, -0.1) is 0 Å². The van der Waals surface area contributed by atoms with Crippen LogP contribution in [0.4, 0.5) is 19.3 Å². The maximum Gasteiger partial charge on any atom is 0.387 e. The van der Waals surface area contributed by atoms with E-state index >= 15 is 0 Å². The van der Waals surface area contributed by atoms with Crippen molar-refractivity contribution >= 4 is 11.7 Å². The Morgan fingerprint density at radius 2 is 1.87 bits per heavy atom. The summed E-state index contributed by atoms with van der Waals surface area (Å²) in [6.07, 6.45) is 0.893. The van der Waals surface area contributed by atoms with Crippen molar-refractivity contribution in [3.8, 4) is 5.75 Å². The Hall–Kier alpha value is -2.63. The molecule has 0 fully saturated rings. The van der Waals surface area contributed by atoms with Gasteiger partial charge in [-0.25, -0.2) is 4.79 Å². The molecule has 0 saturated heterocycles. The van der Waals surface area contributed by atoms with E-state index in [2.05, 4.69) is 15.4 Å². The molecule has 2 amide bonds. The van der Waals surface area contributed by atoms with Gasteiger partial charge >= 0.3 is 12.6 Å². The van der Waals surface area contributed by atoms with Crippen molar-refractivity contribution in [3.05, 3.63) is 59.7 Å². The van der Waals surface area contributed by atoms with Crippen molar-refractivity contribution in [1.82, 2.24) is 5.32 Å². The van der Waals surface area contributed by atoms with Crippen molar-refractivity contribution < 1.29 is 18.3 Å². The minimum absolute atomic E-state index is 0.0876. The Kier molecular flexibility index (Phi) is 5.91. The number of hydrogen-bond acceptors (Lipinski definition) is 2. The predicted molar refractivity (Wildman–Crippen MR) is 84.8 cm³/mol. The summed E-state index contributed by atoms with van der Waals surface area (Å²) in [7, 11) is 0. The quantitative estimate of drug-likeness (QED) is 0.839. The molecule has 0 aromatic heterocycles. The normalized spacial score (nSPS) is 10.4. The van der Waals surface area contributed by atoms with E-state index in [4.69, 9.17) is 0 Å². The Morgan fingerprint density at radius 3 is 2.52 bits per heavy atom. The van der Waals surface area contributed by atoms with E-state index in [1.54, 1.807) is 12.1 Å². The number of benzene rings is 2. The third-order valence-electron chi connectivity index (χ3n) is 3.19. The molecule has 0 aliphatic rings. The van der Waals surface area contributed by atoms with Crippen LogP contribution in [0.1, 0.15) is 18.1 Å². The Balaban J connectivity index is 1.84. The Morgan fingerprint density at radius 1 is 1.13 bits per heavy atom. The number of urea groups is 1. The van der Waals surface area contributed by atoms with E-state index in [1.807, 2.05) is 31.2 Å². The van der Waals surface area contributed by atoms with Crippen LogP contribution in [0.25, 0.3) is 0 Å². The first-order valence-electron chi connectivity index (χ1n) is 7.24. The van der Waals surface area contributed by atoms with Crippen LogP contribution in [-0.2, 0) is 13.0 Å². The number of anilines is 1. The van der Waals surface area contributed by atoms with Gasteiger partial charge < -0.3 is 15.4 Å². The van der Waals surface area contributed by atoms with E-state index in [-0.39, 0.29) is 18.3 Å². The van der Waals surface area contributed by atoms with Gasteiger partial charge in [0.1, 0.15) is 5.75 Å². The molecule has 0 aliphatic heterocycles. The molecule has 23 heavy (non-hydrogen) atoms. The van der Waals surface area contributed by atoms with Crippen LogP contribution >= 0.6 is 0 Å². The van der Waals surface area contributed by atoms with Gasteiger partial charge in [-0.05, 0) is 41.8 Å². The summed E-state index contributed by atoms with van der Waals surface area (Å²) in [6.45, 7) is -0.516. The van der Waals surface area contributed by atoms with Crippen LogP contribution in [0.2, 0.25) is 0 Å². The van der Waals surface area contributed by atoms with Crippen LogP contribution in [0.15, 0.2) is 48.5 Å². The lowest BCUT2D eigenvalue weighted by molar-refractivity contribution is -0.0498. The SMILES string of the molecule is CCc1cccc(NC(=O)NCc2ccc(OC(F)F)cc2)c1. The average molecular weight is 320 g/mol. The minimum atomic E-state index is -2.84. The summed E-state index contributed by atoms with van der Waals surface area (Å²) >= 11 is 0. The van der Waals surface area contributed by atoms with Crippen molar-refractivity contribution in [2.45, 2.75) is 26.5 Å². The second-order valence-corrected chi connectivity index (χ2v) is 4.88. The Bertz CT molecular complexity index is 645. The molecule has 0 atom stereocenters. The summed E-state index contributed by atoms with van der Waals surface area (Å²) in [5.41, 5.74) is 2.64. The van der Waals surface area contributed by atoms with Gasteiger partial charge in [0.05, 0.1) is 0 Å². The average Bonchev–Trinajstić information content (AvgIpc) is 2.54. The third kappa shape index (κ3) is 5.58. The highest BCUT2D eigenvalue weighted by Gasteiger charge is 2.05. The fraction of sp³-hybridized carbons (Fsp3) is 0.235. The Labute approximate surface area is 133 Å². The van der Waals surface area contributed by atoms with Gasteiger partial charge in [-0.2, -0.15) is 8.78 Å². The van der Waals surface area contributed by atoms with Crippen molar-refractivity contribution in [2.24, 2.45) is 0 Å². The second kappa shape index (κ2) is 8.12. The highest BCUT2D eigenvalue weighted by molar-refractivity contribution is 5.89.